The fraction of sp³-hybridized carbons (Fsp3) is 0.273. The summed E-state index contributed by atoms with van der Waals surface area (Å²) in [7, 11) is 2.94. The van der Waals surface area contributed by atoms with E-state index in [0.29, 0.717) is 5.70 Å². The summed E-state index contributed by atoms with van der Waals surface area (Å²) < 4.78 is 5.07. The lowest BCUT2D eigenvalue weighted by Crippen LogP contribution is -2.35. The van der Waals surface area contributed by atoms with Crippen LogP contribution < -0.4 is 0 Å². The van der Waals surface area contributed by atoms with E-state index in [-0.39, 0.29) is 6.02 Å². The van der Waals surface area contributed by atoms with Crippen LogP contribution >= 0.6 is 0 Å². The minimum atomic E-state index is 0.259. The molecular weight excluding hydrogens is 208 g/mol. The first kappa shape index (κ1) is 10.6. The van der Waals surface area contributed by atoms with Gasteiger partial charge in [-0.3, -0.25) is 9.63 Å². The van der Waals surface area contributed by atoms with Crippen molar-refractivity contribution in [3.8, 4) is 0 Å². The molecule has 0 fully saturated rings. The summed E-state index contributed by atoms with van der Waals surface area (Å²) >= 11 is 0. The third kappa shape index (κ3) is 1.55. The van der Waals surface area contributed by atoms with Crippen LogP contribution in [0.1, 0.15) is 6.42 Å². The molecule has 0 saturated carbocycles. The van der Waals surface area contributed by atoms with E-state index in [9.17, 15) is 4.79 Å². The van der Waals surface area contributed by atoms with Crippen LogP contribution in [0.2, 0.25) is 0 Å². The van der Waals surface area contributed by atoms with Gasteiger partial charge in [0.25, 0.3) is 0 Å². The van der Waals surface area contributed by atoms with Crippen molar-refractivity contribution in [1.29, 1.82) is 0 Å². The highest BCUT2D eigenvalue weighted by atomic mass is 16.7. The quantitative estimate of drug-likeness (QED) is 0.655. The van der Waals surface area contributed by atoms with E-state index in [1.165, 1.54) is 19.3 Å². The average molecular weight is 220 g/mol. The average Bonchev–Trinajstić information content (AvgIpc) is 2.36. The number of fused-ring (bicyclic) bond motifs is 1. The molecule has 1 aliphatic heterocycles. The number of ether oxygens (including phenoxy) is 1. The van der Waals surface area contributed by atoms with Crippen LogP contribution in [0, 0.1) is 0 Å². The molecule has 0 spiro atoms. The topological polar surface area (TPSA) is 51.1 Å². The maximum absolute atomic E-state index is 11.1. The predicted octanol–water partition coefficient (Wildman–Crippen LogP) is 1.16. The van der Waals surface area contributed by atoms with E-state index < -0.39 is 0 Å². The Kier molecular flexibility index (Phi) is 2.87. The molecule has 0 aromatic carbocycles. The number of allylic oxidation sites excluding steroid dienone is 4. The number of hydrogen-bond acceptors (Lipinski definition) is 5. The van der Waals surface area contributed by atoms with Gasteiger partial charge in [-0.05, 0) is 6.42 Å². The summed E-state index contributed by atoms with van der Waals surface area (Å²) in [5, 5.41) is 1.27. The lowest BCUT2D eigenvalue weighted by Gasteiger charge is -2.27. The molecule has 1 heterocycles. The maximum atomic E-state index is 11.1. The molecule has 0 bridgehead atoms. The summed E-state index contributed by atoms with van der Waals surface area (Å²) in [6.07, 6.45) is 7.30. The van der Waals surface area contributed by atoms with E-state index >= 15 is 0 Å². The third-order valence-electron chi connectivity index (χ3n) is 2.37. The molecule has 0 radical (unpaired) electrons. The Hall–Kier alpha value is -1.88. The van der Waals surface area contributed by atoms with Gasteiger partial charge in [0.1, 0.15) is 5.70 Å². The third-order valence-corrected chi connectivity index (χ3v) is 2.37. The number of amidine groups is 1. The number of aliphatic imine (C=N–C) groups is 1. The Bertz CT molecular complexity index is 433. The molecule has 2 aliphatic rings. The molecule has 5 nitrogen and oxygen atoms in total. The largest absolute Gasteiger partial charge is 0.466 e. The fourth-order valence-electron chi connectivity index (χ4n) is 1.66. The van der Waals surface area contributed by atoms with Crippen LogP contribution in [-0.2, 0) is 14.4 Å². The van der Waals surface area contributed by atoms with Crippen LogP contribution in [0.3, 0.4) is 0 Å². The van der Waals surface area contributed by atoms with Gasteiger partial charge in [0.2, 0.25) is 0 Å². The van der Waals surface area contributed by atoms with Gasteiger partial charge in [0, 0.05) is 5.57 Å². The monoisotopic (exact) mass is 220 g/mol. The number of nitrogens with zero attached hydrogens (tertiary/aromatic N) is 2. The number of aldehydes is 1. The molecule has 2 rings (SSSR count). The summed E-state index contributed by atoms with van der Waals surface area (Å²) in [6, 6.07) is 0.259. The van der Waals surface area contributed by atoms with Crippen LogP contribution in [0.4, 0.5) is 0 Å². The first-order valence-corrected chi connectivity index (χ1v) is 4.85. The van der Waals surface area contributed by atoms with Gasteiger partial charge in [-0.25, -0.2) is 0 Å². The van der Waals surface area contributed by atoms with E-state index in [0.717, 1.165) is 24.0 Å². The molecule has 5 heteroatoms. The Balaban J connectivity index is 2.52. The van der Waals surface area contributed by atoms with Gasteiger partial charge >= 0.3 is 6.02 Å². The minimum absolute atomic E-state index is 0.259. The molecule has 0 amide bonds. The van der Waals surface area contributed by atoms with Gasteiger partial charge < -0.3 is 4.74 Å². The number of hydroxylamine groups is 2. The van der Waals surface area contributed by atoms with E-state index in [1.54, 1.807) is 0 Å². The number of hydrogen-bond donors (Lipinski definition) is 0. The molecule has 0 aromatic rings. The summed E-state index contributed by atoms with van der Waals surface area (Å²) in [6.45, 7) is 0. The molecular formula is C11H12N2O3. The highest BCUT2D eigenvalue weighted by Crippen LogP contribution is 2.28. The lowest BCUT2D eigenvalue weighted by molar-refractivity contribution is -0.113. The minimum Gasteiger partial charge on any atom is -0.466 e. The first-order chi connectivity index (χ1) is 7.81. The number of carbonyl (C=O) groups is 1. The summed E-state index contributed by atoms with van der Waals surface area (Å²) in [5.41, 5.74) is 1.90. The van der Waals surface area contributed by atoms with Crippen LogP contribution in [-0.4, -0.2) is 31.6 Å². The number of rotatable bonds is 2. The van der Waals surface area contributed by atoms with Crippen molar-refractivity contribution >= 4 is 12.3 Å². The Morgan fingerprint density at radius 1 is 1.50 bits per heavy atom. The van der Waals surface area contributed by atoms with Gasteiger partial charge in [-0.15, -0.1) is 0 Å². The fourth-order valence-corrected chi connectivity index (χ4v) is 1.66. The predicted molar refractivity (Wildman–Crippen MR) is 58.2 cm³/mol. The molecule has 0 atom stereocenters. The molecule has 84 valence electrons. The lowest BCUT2D eigenvalue weighted by atomic mass is 10.0. The van der Waals surface area contributed by atoms with Crippen molar-refractivity contribution in [3.63, 3.8) is 0 Å². The zero-order valence-corrected chi connectivity index (χ0v) is 9.14. The second-order valence-electron chi connectivity index (χ2n) is 3.22. The van der Waals surface area contributed by atoms with Gasteiger partial charge in [0.05, 0.1) is 19.9 Å². The van der Waals surface area contributed by atoms with Crippen molar-refractivity contribution in [3.05, 3.63) is 35.2 Å². The molecule has 0 N–H and O–H groups in total. The molecule has 1 aliphatic carbocycles. The zero-order valence-electron chi connectivity index (χ0n) is 9.14. The van der Waals surface area contributed by atoms with Crippen molar-refractivity contribution in [1.82, 2.24) is 5.06 Å². The summed E-state index contributed by atoms with van der Waals surface area (Å²) in [5.74, 6) is 0. The van der Waals surface area contributed by atoms with E-state index in [4.69, 9.17) is 9.57 Å². The zero-order chi connectivity index (χ0) is 11.5. The second kappa shape index (κ2) is 4.32. The van der Waals surface area contributed by atoms with Crippen molar-refractivity contribution in [2.24, 2.45) is 4.99 Å². The SMILES string of the molecule is COC1=NC2=CCC=CC2=C(C=O)N1OC. The first-order valence-electron chi connectivity index (χ1n) is 4.85. The standard InChI is InChI=1S/C11H12N2O3/c1-15-11-12-9-6-4-3-5-8(9)10(7-14)13(11)16-2/h3,5-7H,4H2,1-2H3. The highest BCUT2D eigenvalue weighted by molar-refractivity contribution is 5.89. The molecule has 0 unspecified atom stereocenters. The van der Waals surface area contributed by atoms with E-state index in [2.05, 4.69) is 4.99 Å². The van der Waals surface area contributed by atoms with Gasteiger partial charge in [-0.2, -0.15) is 10.1 Å². The van der Waals surface area contributed by atoms with Gasteiger partial charge in [-0.1, -0.05) is 18.2 Å². The van der Waals surface area contributed by atoms with Crippen LogP contribution in [0.15, 0.2) is 40.2 Å². The second-order valence-corrected chi connectivity index (χ2v) is 3.22. The summed E-state index contributed by atoms with van der Waals surface area (Å²) in [4.78, 5) is 20.4. The normalized spacial score (nSPS) is 19.0. The van der Waals surface area contributed by atoms with Crippen molar-refractivity contribution in [2.45, 2.75) is 6.42 Å². The number of carbonyl (C=O) groups excluding carboxylic acids is 1. The maximum Gasteiger partial charge on any atom is 0.322 e. The van der Waals surface area contributed by atoms with Crippen LogP contribution in [0.25, 0.3) is 0 Å². The van der Waals surface area contributed by atoms with E-state index in [1.807, 2.05) is 18.2 Å². The Labute approximate surface area is 93.3 Å². The highest BCUT2D eigenvalue weighted by Gasteiger charge is 2.27. The van der Waals surface area contributed by atoms with Gasteiger partial charge in [0.15, 0.2) is 6.29 Å². The van der Waals surface area contributed by atoms with Crippen molar-refractivity contribution in [2.75, 3.05) is 14.2 Å². The van der Waals surface area contributed by atoms with Crippen LogP contribution in [0.5, 0.6) is 0 Å². The Morgan fingerprint density at radius 3 is 2.94 bits per heavy atom. The molecule has 0 saturated heterocycles. The molecule has 16 heavy (non-hydrogen) atoms. The smallest absolute Gasteiger partial charge is 0.322 e. The molecule has 0 aromatic heterocycles. The van der Waals surface area contributed by atoms with Crippen molar-refractivity contribution < 1.29 is 14.4 Å². The Morgan fingerprint density at radius 2 is 2.31 bits per heavy atom. The number of methoxy groups -OCH3 is 1.